The second kappa shape index (κ2) is 7.59. The zero-order valence-corrected chi connectivity index (χ0v) is 14.1. The monoisotopic (exact) mass is 318 g/mol. The predicted molar refractivity (Wildman–Crippen MR) is 91.3 cm³/mol. The van der Waals surface area contributed by atoms with Crippen molar-refractivity contribution in [1.29, 1.82) is 0 Å². The van der Waals surface area contributed by atoms with Crippen LogP contribution in [0.4, 0.5) is 8.78 Å². The van der Waals surface area contributed by atoms with Crippen LogP contribution in [0.3, 0.4) is 0 Å². The molecule has 2 aliphatic carbocycles. The fourth-order valence-electron chi connectivity index (χ4n) is 4.20. The molecule has 0 aromatic heterocycles. The van der Waals surface area contributed by atoms with E-state index in [-0.39, 0.29) is 0 Å². The third kappa shape index (κ3) is 4.43. The minimum absolute atomic E-state index is 0.394. The van der Waals surface area contributed by atoms with E-state index in [0.717, 1.165) is 30.2 Å². The highest BCUT2D eigenvalue weighted by Crippen LogP contribution is 2.37. The highest BCUT2D eigenvalue weighted by atomic mass is 19.2. The highest BCUT2D eigenvalue weighted by molar-refractivity contribution is 5.22. The lowest BCUT2D eigenvalue weighted by molar-refractivity contribution is 0.326. The van der Waals surface area contributed by atoms with Gasteiger partial charge in [-0.15, -0.1) is 0 Å². The molecule has 2 fully saturated rings. The summed E-state index contributed by atoms with van der Waals surface area (Å²) in [6.45, 7) is 2.36. The zero-order chi connectivity index (χ0) is 16.2. The Balaban J connectivity index is 1.49. The van der Waals surface area contributed by atoms with Crippen molar-refractivity contribution < 1.29 is 8.78 Å². The van der Waals surface area contributed by atoms with Crippen LogP contribution in [0.2, 0.25) is 0 Å². The van der Waals surface area contributed by atoms with Gasteiger partial charge in [0.25, 0.3) is 0 Å². The Hall–Kier alpha value is -1.18. The van der Waals surface area contributed by atoms with E-state index in [1.165, 1.54) is 50.7 Å². The molecule has 126 valence electrons. The van der Waals surface area contributed by atoms with Crippen LogP contribution >= 0.6 is 0 Å². The normalized spacial score (nSPS) is 32.3. The number of hydrogen-bond acceptors (Lipinski definition) is 0. The van der Waals surface area contributed by atoms with Crippen LogP contribution in [0.5, 0.6) is 0 Å². The molecular formula is C21H28F2. The Labute approximate surface area is 139 Å². The van der Waals surface area contributed by atoms with Crippen molar-refractivity contribution in [1.82, 2.24) is 0 Å². The number of allylic oxidation sites excluding steroid dienone is 2. The molecule has 2 heteroatoms. The van der Waals surface area contributed by atoms with E-state index in [1.54, 1.807) is 6.07 Å². The average Bonchev–Trinajstić information content (AvgIpc) is 2.57. The first kappa shape index (κ1) is 16.7. The molecule has 0 unspecified atom stereocenters. The Kier molecular flexibility index (Phi) is 5.50. The second-order valence-electron chi connectivity index (χ2n) is 7.69. The molecule has 0 amide bonds. The topological polar surface area (TPSA) is 0 Å². The van der Waals surface area contributed by atoms with Crippen LogP contribution in [-0.2, 0) is 0 Å². The molecule has 2 aliphatic rings. The van der Waals surface area contributed by atoms with Gasteiger partial charge in [0.2, 0.25) is 0 Å². The second-order valence-corrected chi connectivity index (χ2v) is 7.69. The van der Waals surface area contributed by atoms with Crippen molar-refractivity contribution in [3.05, 3.63) is 47.5 Å². The molecule has 0 aliphatic heterocycles. The quantitative estimate of drug-likeness (QED) is 0.549. The molecule has 3 rings (SSSR count). The fourth-order valence-corrected chi connectivity index (χ4v) is 4.20. The lowest BCUT2D eigenvalue weighted by Crippen LogP contribution is -2.13. The zero-order valence-electron chi connectivity index (χ0n) is 14.1. The maximum atomic E-state index is 13.4. The van der Waals surface area contributed by atoms with Crippen molar-refractivity contribution in [2.45, 2.75) is 64.2 Å². The summed E-state index contributed by atoms with van der Waals surface area (Å²) in [6, 6.07) is 4.41. The maximum Gasteiger partial charge on any atom is 0.159 e. The summed E-state index contributed by atoms with van der Waals surface area (Å²) in [5.41, 5.74) is 0.965. The van der Waals surface area contributed by atoms with E-state index in [2.05, 4.69) is 19.1 Å². The Bertz CT molecular complexity index is 533. The van der Waals surface area contributed by atoms with Gasteiger partial charge in [-0.3, -0.25) is 0 Å². The molecule has 2 saturated carbocycles. The lowest BCUT2D eigenvalue weighted by atomic mass is 9.77. The summed E-state index contributed by atoms with van der Waals surface area (Å²) in [5, 5.41) is 0. The number of halogens is 2. The van der Waals surface area contributed by atoms with Crippen molar-refractivity contribution >= 4 is 0 Å². The summed E-state index contributed by atoms with van der Waals surface area (Å²) in [6.07, 6.45) is 14.9. The standard InChI is InChI=1S/C21H28F2/c1-15-2-4-16(5-3-15)6-7-17-8-10-18(11-9-17)19-12-13-20(22)21(23)14-19/h6-7,12-18H,2-5,8-11H2,1H3. The molecular weight excluding hydrogens is 290 g/mol. The summed E-state index contributed by atoms with van der Waals surface area (Å²) in [4.78, 5) is 0. The first-order valence-electron chi connectivity index (χ1n) is 9.25. The SMILES string of the molecule is CC1CCC(C=CC2CCC(c3ccc(F)c(F)c3)CC2)CC1. The third-order valence-electron chi connectivity index (χ3n) is 5.90. The summed E-state index contributed by atoms with van der Waals surface area (Å²) in [5.74, 6) is 1.31. The van der Waals surface area contributed by atoms with Gasteiger partial charge in [-0.25, -0.2) is 8.78 Å². The molecule has 0 radical (unpaired) electrons. The first-order chi connectivity index (χ1) is 11.1. The molecule has 0 saturated heterocycles. The van der Waals surface area contributed by atoms with Crippen molar-refractivity contribution in [2.75, 3.05) is 0 Å². The predicted octanol–water partition coefficient (Wildman–Crippen LogP) is 6.62. The van der Waals surface area contributed by atoms with Crippen LogP contribution < -0.4 is 0 Å². The average molecular weight is 318 g/mol. The summed E-state index contributed by atoms with van der Waals surface area (Å²) in [7, 11) is 0. The molecule has 0 bridgehead atoms. The van der Waals surface area contributed by atoms with E-state index >= 15 is 0 Å². The van der Waals surface area contributed by atoms with Crippen LogP contribution in [0, 0.1) is 29.4 Å². The number of rotatable bonds is 3. The number of benzene rings is 1. The Morgan fingerprint density at radius 3 is 1.91 bits per heavy atom. The largest absolute Gasteiger partial charge is 0.204 e. The third-order valence-corrected chi connectivity index (χ3v) is 5.90. The van der Waals surface area contributed by atoms with Crippen LogP contribution in [0.15, 0.2) is 30.4 Å². The molecule has 23 heavy (non-hydrogen) atoms. The summed E-state index contributed by atoms with van der Waals surface area (Å²) < 4.78 is 26.4. The molecule has 1 aromatic carbocycles. The molecule has 0 nitrogen and oxygen atoms in total. The summed E-state index contributed by atoms with van der Waals surface area (Å²) >= 11 is 0. The fraction of sp³-hybridized carbons (Fsp3) is 0.619. The van der Waals surface area contributed by atoms with Gasteiger partial charge in [-0.2, -0.15) is 0 Å². The molecule has 0 atom stereocenters. The van der Waals surface area contributed by atoms with Gasteiger partial charge in [-0.1, -0.05) is 38.0 Å². The molecule has 1 aromatic rings. The van der Waals surface area contributed by atoms with Gasteiger partial charge >= 0.3 is 0 Å². The minimum atomic E-state index is -0.743. The van der Waals surface area contributed by atoms with Gasteiger partial charge in [-0.05, 0) is 79.9 Å². The highest BCUT2D eigenvalue weighted by Gasteiger charge is 2.22. The molecule has 0 heterocycles. The van der Waals surface area contributed by atoms with E-state index in [4.69, 9.17) is 0 Å². The molecule has 0 spiro atoms. The maximum absolute atomic E-state index is 13.4. The van der Waals surface area contributed by atoms with Gasteiger partial charge in [0, 0.05) is 0 Å². The van der Waals surface area contributed by atoms with E-state index in [9.17, 15) is 8.78 Å². The Morgan fingerprint density at radius 2 is 1.35 bits per heavy atom. The van der Waals surface area contributed by atoms with Crippen LogP contribution in [-0.4, -0.2) is 0 Å². The van der Waals surface area contributed by atoms with Crippen LogP contribution in [0.25, 0.3) is 0 Å². The van der Waals surface area contributed by atoms with Gasteiger partial charge in [0.05, 0.1) is 0 Å². The van der Waals surface area contributed by atoms with Crippen molar-refractivity contribution in [2.24, 2.45) is 17.8 Å². The van der Waals surface area contributed by atoms with E-state index < -0.39 is 11.6 Å². The van der Waals surface area contributed by atoms with Gasteiger partial charge in [0.1, 0.15) is 0 Å². The van der Waals surface area contributed by atoms with Crippen LogP contribution in [0.1, 0.15) is 69.8 Å². The van der Waals surface area contributed by atoms with Crippen molar-refractivity contribution in [3.8, 4) is 0 Å². The molecule has 0 N–H and O–H groups in total. The lowest BCUT2D eigenvalue weighted by Gasteiger charge is -2.28. The van der Waals surface area contributed by atoms with Gasteiger partial charge < -0.3 is 0 Å². The number of hydrogen-bond donors (Lipinski definition) is 0. The van der Waals surface area contributed by atoms with Crippen molar-refractivity contribution in [3.63, 3.8) is 0 Å². The van der Waals surface area contributed by atoms with Gasteiger partial charge in [0.15, 0.2) is 11.6 Å². The Morgan fingerprint density at radius 1 is 0.783 bits per heavy atom. The first-order valence-corrected chi connectivity index (χ1v) is 9.25. The minimum Gasteiger partial charge on any atom is -0.204 e. The van der Waals surface area contributed by atoms with E-state index in [1.807, 2.05) is 0 Å². The smallest absolute Gasteiger partial charge is 0.159 e. The van der Waals surface area contributed by atoms with E-state index in [0.29, 0.717) is 11.8 Å².